The van der Waals surface area contributed by atoms with Gasteiger partial charge in [-0.3, -0.25) is 9.67 Å². The van der Waals surface area contributed by atoms with E-state index in [4.69, 9.17) is 9.84 Å². The molecular formula is C22H31N5O. The first-order valence-electron chi connectivity index (χ1n) is 10.4. The molecule has 0 saturated carbocycles. The van der Waals surface area contributed by atoms with Crippen LogP contribution in [0.1, 0.15) is 55.5 Å². The Bertz CT molecular complexity index is 841. The molecule has 6 heteroatoms. The van der Waals surface area contributed by atoms with E-state index in [1.54, 1.807) is 0 Å². The van der Waals surface area contributed by atoms with Crippen molar-refractivity contribution >= 4 is 5.96 Å². The normalized spacial score (nSPS) is 21.6. The van der Waals surface area contributed by atoms with E-state index in [-0.39, 0.29) is 0 Å². The van der Waals surface area contributed by atoms with E-state index >= 15 is 0 Å². The third kappa shape index (κ3) is 4.01. The van der Waals surface area contributed by atoms with Gasteiger partial charge in [-0.1, -0.05) is 18.2 Å². The third-order valence-electron chi connectivity index (χ3n) is 5.79. The van der Waals surface area contributed by atoms with Crippen LogP contribution in [-0.2, 0) is 12.8 Å². The molecule has 1 aliphatic carbocycles. The molecule has 0 fully saturated rings. The van der Waals surface area contributed by atoms with Crippen LogP contribution in [0.2, 0.25) is 0 Å². The number of ether oxygens (including phenoxy) is 1. The number of hydrogen-bond acceptors (Lipinski definition) is 3. The average molecular weight is 382 g/mol. The van der Waals surface area contributed by atoms with Crippen molar-refractivity contribution in [3.8, 4) is 5.75 Å². The van der Waals surface area contributed by atoms with Crippen molar-refractivity contribution in [2.75, 3.05) is 20.2 Å². The molecule has 2 atom stereocenters. The Labute approximate surface area is 167 Å². The van der Waals surface area contributed by atoms with E-state index in [0.717, 1.165) is 50.5 Å². The highest BCUT2D eigenvalue weighted by Gasteiger charge is 2.24. The van der Waals surface area contributed by atoms with Crippen LogP contribution in [0.5, 0.6) is 5.75 Å². The van der Waals surface area contributed by atoms with Gasteiger partial charge in [-0.15, -0.1) is 0 Å². The summed E-state index contributed by atoms with van der Waals surface area (Å²) in [6.45, 7) is 5.99. The number of aromatic nitrogens is 2. The molecule has 1 aliphatic heterocycles. The van der Waals surface area contributed by atoms with Gasteiger partial charge in [-0.05, 0) is 50.3 Å². The molecule has 2 heterocycles. The molecule has 2 aromatic rings. The minimum Gasteiger partial charge on any atom is -0.493 e. The summed E-state index contributed by atoms with van der Waals surface area (Å²) in [7, 11) is 1.84. The Kier molecular flexibility index (Phi) is 5.55. The highest BCUT2D eigenvalue weighted by Crippen LogP contribution is 2.32. The monoisotopic (exact) mass is 381 g/mol. The van der Waals surface area contributed by atoms with Gasteiger partial charge in [0.2, 0.25) is 0 Å². The highest BCUT2D eigenvalue weighted by molar-refractivity contribution is 5.80. The number of para-hydroxylation sites is 1. The number of aryl methyl sites for hydroxylation is 1. The Balaban J connectivity index is 1.34. The predicted molar refractivity (Wildman–Crippen MR) is 112 cm³/mol. The highest BCUT2D eigenvalue weighted by atomic mass is 16.5. The maximum atomic E-state index is 5.78. The minimum atomic E-state index is 0.371. The lowest BCUT2D eigenvalue weighted by Gasteiger charge is -2.28. The zero-order chi connectivity index (χ0) is 19.5. The summed E-state index contributed by atoms with van der Waals surface area (Å²) < 4.78 is 7.86. The predicted octanol–water partition coefficient (Wildman–Crippen LogP) is 3.05. The molecule has 0 radical (unpaired) electrons. The second kappa shape index (κ2) is 8.25. The molecule has 0 spiro atoms. The topological polar surface area (TPSA) is 63.5 Å². The van der Waals surface area contributed by atoms with Crippen LogP contribution in [0, 0.1) is 0 Å². The standard InChI is InChI=1S/C22H31N5O/c1-15(2)27-14-17-8-9-18(12-20(17)26-27)25-22(23-3)24-13-16-10-11-28-21-7-5-4-6-19(16)21/h4-7,14-16,18H,8-13H2,1-3H3,(H2,23,24,25). The summed E-state index contributed by atoms with van der Waals surface area (Å²) in [5.74, 6) is 2.34. The van der Waals surface area contributed by atoms with E-state index in [2.05, 4.69) is 58.6 Å². The molecule has 1 aromatic carbocycles. The number of rotatable bonds is 4. The van der Waals surface area contributed by atoms with Crippen molar-refractivity contribution in [3.63, 3.8) is 0 Å². The summed E-state index contributed by atoms with van der Waals surface area (Å²) >= 11 is 0. The van der Waals surface area contributed by atoms with Gasteiger partial charge in [-0.2, -0.15) is 5.10 Å². The van der Waals surface area contributed by atoms with Crippen LogP contribution in [0.4, 0.5) is 0 Å². The molecular weight excluding hydrogens is 350 g/mol. The number of benzene rings is 1. The Morgan fingerprint density at radius 1 is 1.32 bits per heavy atom. The van der Waals surface area contributed by atoms with E-state index in [1.165, 1.54) is 16.8 Å². The largest absolute Gasteiger partial charge is 0.493 e. The minimum absolute atomic E-state index is 0.371. The summed E-state index contributed by atoms with van der Waals surface area (Å²) in [4.78, 5) is 4.45. The fourth-order valence-electron chi connectivity index (χ4n) is 4.14. The van der Waals surface area contributed by atoms with Crippen molar-refractivity contribution < 1.29 is 4.74 Å². The van der Waals surface area contributed by atoms with Crippen molar-refractivity contribution in [2.24, 2.45) is 4.99 Å². The smallest absolute Gasteiger partial charge is 0.191 e. The summed E-state index contributed by atoms with van der Waals surface area (Å²) in [6.07, 6.45) is 6.38. The zero-order valence-electron chi connectivity index (χ0n) is 17.1. The molecule has 2 N–H and O–H groups in total. The van der Waals surface area contributed by atoms with Crippen LogP contribution in [0.25, 0.3) is 0 Å². The quantitative estimate of drug-likeness (QED) is 0.631. The third-order valence-corrected chi connectivity index (χ3v) is 5.79. The lowest BCUT2D eigenvalue weighted by atomic mass is 9.93. The van der Waals surface area contributed by atoms with Crippen LogP contribution < -0.4 is 15.4 Å². The fraction of sp³-hybridized carbons (Fsp3) is 0.545. The molecule has 0 saturated heterocycles. The lowest BCUT2D eigenvalue weighted by Crippen LogP contribution is -2.46. The molecule has 4 rings (SSSR count). The summed E-state index contributed by atoms with van der Waals surface area (Å²) in [6, 6.07) is 9.14. The van der Waals surface area contributed by atoms with Gasteiger partial charge < -0.3 is 15.4 Å². The molecule has 0 amide bonds. The van der Waals surface area contributed by atoms with Crippen molar-refractivity contribution in [3.05, 3.63) is 47.3 Å². The molecule has 150 valence electrons. The Morgan fingerprint density at radius 2 is 2.18 bits per heavy atom. The van der Waals surface area contributed by atoms with Crippen molar-refractivity contribution in [2.45, 2.75) is 57.5 Å². The lowest BCUT2D eigenvalue weighted by molar-refractivity contribution is 0.267. The van der Waals surface area contributed by atoms with E-state index in [9.17, 15) is 0 Å². The number of aliphatic imine (C=N–C) groups is 1. The van der Waals surface area contributed by atoms with Crippen molar-refractivity contribution in [1.82, 2.24) is 20.4 Å². The van der Waals surface area contributed by atoms with Crippen LogP contribution in [0.15, 0.2) is 35.5 Å². The zero-order valence-corrected chi connectivity index (χ0v) is 17.1. The fourth-order valence-corrected chi connectivity index (χ4v) is 4.14. The van der Waals surface area contributed by atoms with Gasteiger partial charge in [0.25, 0.3) is 0 Å². The molecule has 6 nitrogen and oxygen atoms in total. The number of nitrogens with zero attached hydrogens (tertiary/aromatic N) is 3. The first-order chi connectivity index (χ1) is 13.6. The molecule has 2 aliphatic rings. The Morgan fingerprint density at radius 3 is 3.00 bits per heavy atom. The summed E-state index contributed by atoms with van der Waals surface area (Å²) in [5, 5.41) is 11.9. The second-order valence-corrected chi connectivity index (χ2v) is 8.08. The number of guanidine groups is 1. The van der Waals surface area contributed by atoms with Gasteiger partial charge in [0, 0.05) is 44.2 Å². The summed E-state index contributed by atoms with van der Waals surface area (Å²) in [5.41, 5.74) is 3.91. The van der Waals surface area contributed by atoms with E-state index in [0.29, 0.717) is 18.0 Å². The van der Waals surface area contributed by atoms with Gasteiger partial charge in [0.05, 0.1) is 12.3 Å². The molecule has 1 aromatic heterocycles. The Hall–Kier alpha value is -2.50. The molecule has 28 heavy (non-hydrogen) atoms. The van der Waals surface area contributed by atoms with E-state index in [1.807, 2.05) is 13.1 Å². The SMILES string of the molecule is CN=C(NCC1CCOc2ccccc21)NC1CCc2cn(C(C)C)nc2C1. The maximum Gasteiger partial charge on any atom is 0.191 e. The first-order valence-corrected chi connectivity index (χ1v) is 10.4. The maximum absolute atomic E-state index is 5.78. The van der Waals surface area contributed by atoms with Crippen LogP contribution in [-0.4, -0.2) is 42.0 Å². The van der Waals surface area contributed by atoms with Gasteiger partial charge in [0.15, 0.2) is 5.96 Å². The number of hydrogen-bond donors (Lipinski definition) is 2. The van der Waals surface area contributed by atoms with Crippen molar-refractivity contribution in [1.29, 1.82) is 0 Å². The van der Waals surface area contributed by atoms with Gasteiger partial charge in [0.1, 0.15) is 5.75 Å². The second-order valence-electron chi connectivity index (χ2n) is 8.08. The van der Waals surface area contributed by atoms with E-state index < -0.39 is 0 Å². The average Bonchev–Trinajstić information content (AvgIpc) is 3.15. The molecule has 0 bridgehead atoms. The van der Waals surface area contributed by atoms with Crippen LogP contribution >= 0.6 is 0 Å². The number of nitrogens with one attached hydrogen (secondary N) is 2. The first kappa shape index (κ1) is 18.8. The molecule has 2 unspecified atom stereocenters. The van der Waals surface area contributed by atoms with Crippen LogP contribution in [0.3, 0.4) is 0 Å². The number of fused-ring (bicyclic) bond motifs is 2. The van der Waals surface area contributed by atoms with Gasteiger partial charge in [-0.25, -0.2) is 0 Å². The van der Waals surface area contributed by atoms with Gasteiger partial charge >= 0.3 is 0 Å².